The van der Waals surface area contributed by atoms with Crippen LogP contribution in [0.5, 0.6) is 0 Å². The van der Waals surface area contributed by atoms with Gasteiger partial charge in [0, 0.05) is 13.0 Å². The molecular weight excluding hydrogens is 252 g/mol. The Morgan fingerprint density at radius 3 is 2.70 bits per heavy atom. The van der Waals surface area contributed by atoms with Crippen molar-refractivity contribution >= 4 is 5.91 Å². The summed E-state index contributed by atoms with van der Waals surface area (Å²) in [6.07, 6.45) is 1.42. The van der Waals surface area contributed by atoms with E-state index in [0.29, 0.717) is 18.5 Å². The molecule has 2 aliphatic rings. The Hall–Kier alpha value is -2.32. The summed E-state index contributed by atoms with van der Waals surface area (Å²) in [5.41, 5.74) is 8.68. The summed E-state index contributed by atoms with van der Waals surface area (Å²) < 4.78 is 0. The van der Waals surface area contributed by atoms with Gasteiger partial charge in [0.25, 0.3) is 0 Å². The van der Waals surface area contributed by atoms with Gasteiger partial charge in [-0.1, -0.05) is 31.2 Å². The number of nitrogens with two attached hydrogens (primary N) is 1. The fraction of sp³-hybridized carbons (Fsp3) is 0.333. The largest absolute Gasteiger partial charge is 0.383 e. The normalized spacial score (nSPS) is 22.3. The lowest BCUT2D eigenvalue weighted by Crippen LogP contribution is -2.36. The number of hydrogen-bond acceptors (Lipinski definition) is 4. The highest BCUT2D eigenvalue weighted by Crippen LogP contribution is 2.40. The van der Waals surface area contributed by atoms with E-state index >= 15 is 0 Å². The first kappa shape index (κ1) is 12.7. The molecule has 5 heteroatoms. The Morgan fingerprint density at radius 1 is 1.40 bits per heavy atom. The van der Waals surface area contributed by atoms with Gasteiger partial charge >= 0.3 is 0 Å². The molecule has 0 spiro atoms. The molecule has 1 amide bonds. The summed E-state index contributed by atoms with van der Waals surface area (Å²) in [7, 11) is 0. The molecule has 1 aromatic rings. The van der Waals surface area contributed by atoms with E-state index in [-0.39, 0.29) is 17.8 Å². The van der Waals surface area contributed by atoms with Gasteiger partial charge in [-0.15, -0.1) is 0 Å². The lowest BCUT2D eigenvalue weighted by molar-refractivity contribution is -0.133. The average molecular weight is 268 g/mol. The van der Waals surface area contributed by atoms with Crippen LogP contribution in [0.15, 0.2) is 35.7 Å². The van der Waals surface area contributed by atoms with E-state index in [9.17, 15) is 10.1 Å². The summed E-state index contributed by atoms with van der Waals surface area (Å²) in [5.74, 6) is 0.238. The van der Waals surface area contributed by atoms with Crippen LogP contribution in [-0.4, -0.2) is 22.5 Å². The predicted molar refractivity (Wildman–Crippen MR) is 73.6 cm³/mol. The van der Waals surface area contributed by atoms with E-state index in [4.69, 9.17) is 5.73 Å². The second-order valence-corrected chi connectivity index (χ2v) is 5.03. The third kappa shape index (κ3) is 1.69. The van der Waals surface area contributed by atoms with Crippen LogP contribution >= 0.6 is 0 Å². The number of benzene rings is 1. The number of aryl methyl sites for hydroxylation is 1. The summed E-state index contributed by atoms with van der Waals surface area (Å²) in [6, 6.07) is 10.1. The molecule has 20 heavy (non-hydrogen) atoms. The van der Waals surface area contributed by atoms with Crippen LogP contribution in [0.1, 0.15) is 30.5 Å². The molecule has 3 rings (SSSR count). The van der Waals surface area contributed by atoms with Crippen LogP contribution in [0.3, 0.4) is 0 Å². The van der Waals surface area contributed by atoms with E-state index in [1.165, 1.54) is 10.6 Å². The molecule has 0 bridgehead atoms. The monoisotopic (exact) mass is 268 g/mol. The number of carbonyl (C=O) groups excluding carboxylic acids is 1. The first-order valence-electron chi connectivity index (χ1n) is 6.75. The third-order valence-corrected chi connectivity index (χ3v) is 3.95. The SMILES string of the molecule is CCc1ccc([C@@H]2C(C#N)=C(N)N3C(=O)CCN23)cc1. The van der Waals surface area contributed by atoms with Crippen LogP contribution in [0.2, 0.25) is 0 Å². The van der Waals surface area contributed by atoms with E-state index in [1.54, 1.807) is 0 Å². The summed E-state index contributed by atoms with van der Waals surface area (Å²) >= 11 is 0. The van der Waals surface area contributed by atoms with Crippen molar-refractivity contribution in [1.29, 1.82) is 5.26 Å². The second kappa shape index (κ2) is 4.66. The number of hydrogen-bond donors (Lipinski definition) is 1. The maximum absolute atomic E-state index is 11.9. The van der Waals surface area contributed by atoms with Gasteiger partial charge in [-0.25, -0.2) is 5.01 Å². The van der Waals surface area contributed by atoms with Crippen molar-refractivity contribution in [1.82, 2.24) is 10.0 Å². The van der Waals surface area contributed by atoms with Gasteiger partial charge in [0.2, 0.25) is 5.91 Å². The highest BCUT2D eigenvalue weighted by molar-refractivity contribution is 5.81. The van der Waals surface area contributed by atoms with Crippen molar-refractivity contribution in [2.45, 2.75) is 25.8 Å². The van der Waals surface area contributed by atoms with Crippen molar-refractivity contribution in [2.75, 3.05) is 6.54 Å². The fourth-order valence-electron chi connectivity index (χ4n) is 2.87. The molecule has 5 nitrogen and oxygen atoms in total. The van der Waals surface area contributed by atoms with E-state index in [1.807, 2.05) is 17.1 Å². The van der Waals surface area contributed by atoms with Gasteiger partial charge in [0.1, 0.15) is 11.9 Å². The van der Waals surface area contributed by atoms with Crippen molar-refractivity contribution in [3.05, 3.63) is 46.8 Å². The summed E-state index contributed by atoms with van der Waals surface area (Å²) in [4.78, 5) is 11.9. The Morgan fingerprint density at radius 2 is 2.10 bits per heavy atom. The smallest absolute Gasteiger partial charge is 0.244 e. The third-order valence-electron chi connectivity index (χ3n) is 3.95. The highest BCUT2D eigenvalue weighted by atomic mass is 16.2. The topological polar surface area (TPSA) is 73.4 Å². The van der Waals surface area contributed by atoms with Crippen LogP contribution in [0.4, 0.5) is 0 Å². The molecule has 1 atom stereocenters. The van der Waals surface area contributed by atoms with Gasteiger partial charge in [-0.05, 0) is 17.5 Å². The molecule has 102 valence electrons. The number of amides is 1. The summed E-state index contributed by atoms with van der Waals surface area (Å²) in [6.45, 7) is 2.70. The molecule has 2 aliphatic heterocycles. The summed E-state index contributed by atoms with van der Waals surface area (Å²) in [5, 5.41) is 12.7. The standard InChI is InChI=1S/C15H16N4O/c1-2-10-3-5-11(6-4-10)14-12(9-16)15(17)19-13(20)7-8-18(14)19/h3-6,14H,2,7-8,17H2,1H3/t14-/m1/s1. The van der Waals surface area contributed by atoms with Crippen LogP contribution in [0, 0.1) is 11.3 Å². The maximum Gasteiger partial charge on any atom is 0.244 e. The van der Waals surface area contributed by atoms with Crippen LogP contribution in [0.25, 0.3) is 0 Å². The molecule has 0 radical (unpaired) electrons. The zero-order valence-corrected chi connectivity index (χ0v) is 11.3. The molecule has 2 N–H and O–H groups in total. The number of fused-ring (bicyclic) bond motifs is 1. The highest BCUT2D eigenvalue weighted by Gasteiger charge is 2.45. The van der Waals surface area contributed by atoms with Gasteiger partial charge < -0.3 is 5.73 Å². The number of rotatable bonds is 2. The van der Waals surface area contributed by atoms with Crippen molar-refractivity contribution < 1.29 is 4.79 Å². The lowest BCUT2D eigenvalue weighted by atomic mass is 9.98. The first-order valence-corrected chi connectivity index (χ1v) is 6.75. The minimum atomic E-state index is -0.239. The van der Waals surface area contributed by atoms with Gasteiger partial charge in [0.15, 0.2) is 0 Å². The van der Waals surface area contributed by atoms with Crippen LogP contribution in [-0.2, 0) is 11.2 Å². The number of hydrazine groups is 1. The van der Waals surface area contributed by atoms with Crippen molar-refractivity contribution in [3.8, 4) is 6.07 Å². The maximum atomic E-state index is 11.9. The Bertz CT molecular complexity index is 626. The fourth-order valence-corrected chi connectivity index (χ4v) is 2.87. The van der Waals surface area contributed by atoms with E-state index in [0.717, 1.165) is 12.0 Å². The first-order chi connectivity index (χ1) is 9.67. The molecule has 0 aromatic heterocycles. The number of nitriles is 1. The Kier molecular flexibility index (Phi) is 2.96. The molecule has 0 unspecified atom stereocenters. The molecule has 1 fully saturated rings. The minimum absolute atomic E-state index is 0.0390. The second-order valence-electron chi connectivity index (χ2n) is 5.03. The Balaban J connectivity index is 2.03. The quantitative estimate of drug-likeness (QED) is 0.881. The molecule has 0 saturated carbocycles. The molecule has 1 aromatic carbocycles. The lowest BCUT2D eigenvalue weighted by Gasteiger charge is -2.26. The molecule has 1 saturated heterocycles. The average Bonchev–Trinajstić information content (AvgIpc) is 2.98. The Labute approximate surface area is 117 Å². The predicted octanol–water partition coefficient (Wildman–Crippen LogP) is 1.45. The molecule has 0 aliphatic carbocycles. The zero-order valence-electron chi connectivity index (χ0n) is 11.3. The van der Waals surface area contributed by atoms with Gasteiger partial charge in [-0.3, -0.25) is 4.79 Å². The number of carbonyl (C=O) groups is 1. The number of nitrogens with zero attached hydrogens (tertiary/aromatic N) is 3. The van der Waals surface area contributed by atoms with E-state index in [2.05, 4.69) is 25.1 Å². The van der Waals surface area contributed by atoms with Gasteiger partial charge in [-0.2, -0.15) is 10.3 Å². The molecule has 2 heterocycles. The zero-order chi connectivity index (χ0) is 14.3. The van der Waals surface area contributed by atoms with Crippen molar-refractivity contribution in [2.24, 2.45) is 5.73 Å². The van der Waals surface area contributed by atoms with Gasteiger partial charge in [0.05, 0.1) is 11.6 Å². The van der Waals surface area contributed by atoms with Crippen LogP contribution < -0.4 is 5.73 Å². The van der Waals surface area contributed by atoms with E-state index < -0.39 is 0 Å². The van der Waals surface area contributed by atoms with Crippen molar-refractivity contribution in [3.63, 3.8) is 0 Å². The molecular formula is C15H16N4O. The minimum Gasteiger partial charge on any atom is -0.383 e.